The predicted molar refractivity (Wildman–Crippen MR) is 83.7 cm³/mol. The first-order chi connectivity index (χ1) is 7.99. The van der Waals surface area contributed by atoms with Crippen LogP contribution in [0.25, 0.3) is 0 Å². The molecule has 1 aromatic heterocycles. The third-order valence-electron chi connectivity index (χ3n) is 2.59. The quantitative estimate of drug-likeness (QED) is 0.435. The van der Waals surface area contributed by atoms with Crippen molar-refractivity contribution < 1.29 is 4.39 Å². The van der Waals surface area contributed by atoms with Crippen LogP contribution in [0, 0.1) is 23.2 Å². The number of hydrogen-bond donors (Lipinski definition) is 0. The van der Waals surface area contributed by atoms with Crippen molar-refractivity contribution in [2.45, 2.75) is 18.7 Å². The molecule has 0 fully saturated rings. The van der Waals surface area contributed by atoms with Crippen LogP contribution in [0.2, 0.25) is 0 Å². The van der Waals surface area contributed by atoms with Crippen LogP contribution in [-0.4, -0.2) is 0 Å². The van der Waals surface area contributed by atoms with Crippen molar-refractivity contribution in [1.29, 1.82) is 0 Å². The standard InChI is InChI=1S/C13H11BrFIS/c1-7-5-11(8(2)17-7)13(14)10-4-3-9(15)6-12(10)16/h3-6,13H,1-2H3. The Balaban J connectivity index is 2.43. The number of aryl methyl sites for hydroxylation is 2. The normalized spacial score (nSPS) is 12.8. The molecule has 0 radical (unpaired) electrons. The van der Waals surface area contributed by atoms with Crippen molar-refractivity contribution in [1.82, 2.24) is 0 Å². The molecular formula is C13H11BrFIS. The van der Waals surface area contributed by atoms with Gasteiger partial charge in [-0.25, -0.2) is 4.39 Å². The van der Waals surface area contributed by atoms with Crippen molar-refractivity contribution in [2.24, 2.45) is 0 Å². The van der Waals surface area contributed by atoms with E-state index >= 15 is 0 Å². The highest BCUT2D eigenvalue weighted by atomic mass is 127. The van der Waals surface area contributed by atoms with E-state index in [4.69, 9.17) is 0 Å². The van der Waals surface area contributed by atoms with Crippen LogP contribution in [0.3, 0.4) is 0 Å². The van der Waals surface area contributed by atoms with E-state index < -0.39 is 0 Å². The topological polar surface area (TPSA) is 0 Å². The fourth-order valence-electron chi connectivity index (χ4n) is 1.78. The van der Waals surface area contributed by atoms with Gasteiger partial charge in [0, 0.05) is 13.3 Å². The first kappa shape index (κ1) is 13.5. The van der Waals surface area contributed by atoms with E-state index in [-0.39, 0.29) is 10.6 Å². The number of thiophene rings is 1. The summed E-state index contributed by atoms with van der Waals surface area (Å²) >= 11 is 7.69. The van der Waals surface area contributed by atoms with E-state index in [9.17, 15) is 4.39 Å². The zero-order chi connectivity index (χ0) is 12.6. The fourth-order valence-corrected chi connectivity index (χ4v) is 4.98. The third-order valence-corrected chi connectivity index (χ3v) is 5.49. The zero-order valence-electron chi connectivity index (χ0n) is 9.43. The number of benzene rings is 1. The lowest BCUT2D eigenvalue weighted by Gasteiger charge is -2.12. The summed E-state index contributed by atoms with van der Waals surface area (Å²) in [5.41, 5.74) is 2.39. The molecule has 0 aliphatic carbocycles. The summed E-state index contributed by atoms with van der Waals surface area (Å²) in [6.45, 7) is 4.23. The molecule has 0 aliphatic rings. The first-order valence-corrected chi connectivity index (χ1v) is 7.96. The number of alkyl halides is 1. The van der Waals surface area contributed by atoms with Gasteiger partial charge in [0.05, 0.1) is 4.83 Å². The van der Waals surface area contributed by atoms with Crippen LogP contribution in [-0.2, 0) is 0 Å². The van der Waals surface area contributed by atoms with Gasteiger partial charge >= 0.3 is 0 Å². The van der Waals surface area contributed by atoms with E-state index in [1.807, 2.05) is 6.07 Å². The van der Waals surface area contributed by atoms with Gasteiger partial charge in [0.25, 0.3) is 0 Å². The molecule has 0 nitrogen and oxygen atoms in total. The molecule has 2 aromatic rings. The molecule has 1 unspecified atom stereocenters. The monoisotopic (exact) mass is 424 g/mol. The van der Waals surface area contributed by atoms with Gasteiger partial charge in [-0.15, -0.1) is 11.3 Å². The van der Waals surface area contributed by atoms with Gasteiger partial charge in [-0.05, 0) is 65.8 Å². The van der Waals surface area contributed by atoms with Gasteiger partial charge in [-0.2, -0.15) is 0 Å². The molecule has 0 saturated heterocycles. The molecule has 2 rings (SSSR count). The second-order valence-corrected chi connectivity index (χ2v) is 7.44. The maximum Gasteiger partial charge on any atom is 0.124 e. The molecule has 0 aliphatic heterocycles. The summed E-state index contributed by atoms with van der Waals surface area (Å²) in [7, 11) is 0. The second-order valence-electron chi connectivity index (χ2n) is 3.90. The molecule has 0 saturated carbocycles. The Bertz CT molecular complexity index is 550. The SMILES string of the molecule is Cc1cc(C(Br)c2ccc(F)cc2I)c(C)s1. The van der Waals surface area contributed by atoms with E-state index in [2.05, 4.69) is 58.4 Å². The van der Waals surface area contributed by atoms with Crippen LogP contribution in [0.4, 0.5) is 4.39 Å². The molecule has 0 bridgehead atoms. The Hall–Kier alpha value is 0.0600. The Morgan fingerprint density at radius 2 is 1.94 bits per heavy atom. The van der Waals surface area contributed by atoms with Crippen LogP contribution >= 0.6 is 49.9 Å². The smallest absolute Gasteiger partial charge is 0.124 e. The van der Waals surface area contributed by atoms with E-state index in [1.165, 1.54) is 21.4 Å². The van der Waals surface area contributed by atoms with Gasteiger partial charge in [0.2, 0.25) is 0 Å². The Morgan fingerprint density at radius 3 is 2.47 bits per heavy atom. The van der Waals surface area contributed by atoms with Gasteiger partial charge in [0.15, 0.2) is 0 Å². The summed E-state index contributed by atoms with van der Waals surface area (Å²) in [6.07, 6.45) is 0. The molecule has 1 heterocycles. The summed E-state index contributed by atoms with van der Waals surface area (Å²) in [5.74, 6) is -0.184. The number of hydrogen-bond acceptors (Lipinski definition) is 1. The molecule has 4 heteroatoms. The van der Waals surface area contributed by atoms with Crippen molar-refractivity contribution >= 4 is 49.9 Å². The third kappa shape index (κ3) is 2.90. The molecule has 17 heavy (non-hydrogen) atoms. The minimum Gasteiger partial charge on any atom is -0.207 e. The lowest BCUT2D eigenvalue weighted by Crippen LogP contribution is -1.96. The molecule has 0 spiro atoms. The van der Waals surface area contributed by atoms with E-state index in [0.29, 0.717) is 0 Å². The largest absolute Gasteiger partial charge is 0.207 e. The van der Waals surface area contributed by atoms with E-state index in [0.717, 1.165) is 9.13 Å². The van der Waals surface area contributed by atoms with Crippen LogP contribution in [0.5, 0.6) is 0 Å². The lowest BCUT2D eigenvalue weighted by molar-refractivity contribution is 0.626. The lowest BCUT2D eigenvalue weighted by atomic mass is 10.1. The summed E-state index contributed by atoms with van der Waals surface area (Å²) in [4.78, 5) is 2.75. The summed E-state index contributed by atoms with van der Waals surface area (Å²) < 4.78 is 14.0. The van der Waals surface area contributed by atoms with Crippen LogP contribution < -0.4 is 0 Å². The maximum absolute atomic E-state index is 13.1. The maximum atomic E-state index is 13.1. The van der Waals surface area contributed by atoms with Crippen LogP contribution in [0.15, 0.2) is 24.3 Å². The van der Waals surface area contributed by atoms with Gasteiger partial charge < -0.3 is 0 Å². The van der Waals surface area contributed by atoms with Gasteiger partial charge in [-0.3, -0.25) is 0 Å². The van der Waals surface area contributed by atoms with Crippen molar-refractivity contribution in [3.63, 3.8) is 0 Å². The molecular weight excluding hydrogens is 414 g/mol. The Morgan fingerprint density at radius 1 is 1.24 bits per heavy atom. The van der Waals surface area contributed by atoms with Gasteiger partial charge in [0.1, 0.15) is 5.82 Å². The number of rotatable bonds is 2. The number of halogens is 3. The predicted octanol–water partition coefficient (Wildman–Crippen LogP) is 5.59. The van der Waals surface area contributed by atoms with E-state index in [1.54, 1.807) is 17.4 Å². The highest BCUT2D eigenvalue weighted by Crippen LogP contribution is 2.38. The average molecular weight is 425 g/mol. The molecule has 1 atom stereocenters. The second kappa shape index (κ2) is 5.36. The zero-order valence-corrected chi connectivity index (χ0v) is 14.0. The first-order valence-electron chi connectivity index (χ1n) is 5.15. The molecule has 0 N–H and O–H groups in total. The summed E-state index contributed by atoms with van der Waals surface area (Å²) in [6, 6.07) is 7.13. The summed E-state index contributed by atoms with van der Waals surface area (Å²) in [5, 5.41) is 0. The fraction of sp³-hybridized carbons (Fsp3) is 0.231. The van der Waals surface area contributed by atoms with Crippen LogP contribution in [0.1, 0.15) is 25.7 Å². The van der Waals surface area contributed by atoms with Crippen molar-refractivity contribution in [3.05, 3.63) is 54.5 Å². The molecule has 90 valence electrons. The highest BCUT2D eigenvalue weighted by Gasteiger charge is 2.17. The highest BCUT2D eigenvalue weighted by molar-refractivity contribution is 14.1. The van der Waals surface area contributed by atoms with Crippen molar-refractivity contribution in [3.8, 4) is 0 Å². The Labute approximate surface area is 127 Å². The van der Waals surface area contributed by atoms with Crippen molar-refractivity contribution in [2.75, 3.05) is 0 Å². The molecule has 1 aromatic carbocycles. The average Bonchev–Trinajstić information content (AvgIpc) is 2.57. The molecule has 0 amide bonds. The minimum absolute atomic E-state index is 0.139. The Kier molecular flexibility index (Phi) is 4.26. The minimum atomic E-state index is -0.184. The van der Waals surface area contributed by atoms with Gasteiger partial charge in [-0.1, -0.05) is 22.0 Å².